The van der Waals surface area contributed by atoms with Crippen molar-refractivity contribution in [2.24, 2.45) is 0 Å². The Balaban J connectivity index is 1.21. The Bertz CT molecular complexity index is 930. The number of piperidine rings is 1. The lowest BCUT2D eigenvalue weighted by atomic mass is 10.0. The van der Waals surface area contributed by atoms with E-state index in [0.29, 0.717) is 36.3 Å². The predicted octanol–water partition coefficient (Wildman–Crippen LogP) is 2.87. The van der Waals surface area contributed by atoms with Gasteiger partial charge in [-0.15, -0.1) is 0 Å². The van der Waals surface area contributed by atoms with Crippen LogP contribution in [0.2, 0.25) is 5.02 Å². The van der Waals surface area contributed by atoms with Gasteiger partial charge in [-0.05, 0) is 42.7 Å². The number of fused-ring (bicyclic) bond motifs is 1. The average molecular weight is 444 g/mol. The number of amides is 2. The van der Waals surface area contributed by atoms with Gasteiger partial charge in [-0.3, -0.25) is 14.5 Å². The Hall–Kier alpha value is -2.77. The van der Waals surface area contributed by atoms with Crippen LogP contribution in [-0.2, 0) is 16.0 Å². The van der Waals surface area contributed by atoms with Gasteiger partial charge in [0.15, 0.2) is 11.5 Å². The van der Waals surface area contributed by atoms with Crippen molar-refractivity contribution in [1.29, 1.82) is 0 Å². The number of hydrogen-bond acceptors (Lipinski definition) is 5. The van der Waals surface area contributed by atoms with E-state index in [1.54, 1.807) is 6.07 Å². The molecular weight excluding hydrogens is 418 g/mol. The second-order valence-corrected chi connectivity index (χ2v) is 8.22. The second kappa shape index (κ2) is 10.0. The molecule has 2 amide bonds. The molecule has 0 aromatic heterocycles. The summed E-state index contributed by atoms with van der Waals surface area (Å²) in [5, 5.41) is 6.47. The highest BCUT2D eigenvalue weighted by molar-refractivity contribution is 6.32. The fourth-order valence-corrected chi connectivity index (χ4v) is 4.18. The fraction of sp³-hybridized carbons (Fsp3) is 0.391. The minimum atomic E-state index is -0.0481. The van der Waals surface area contributed by atoms with E-state index in [1.807, 2.05) is 36.4 Å². The summed E-state index contributed by atoms with van der Waals surface area (Å²) < 4.78 is 11.1. The summed E-state index contributed by atoms with van der Waals surface area (Å²) in [6.45, 7) is 2.83. The Morgan fingerprint density at radius 2 is 1.77 bits per heavy atom. The molecule has 2 aromatic rings. The first-order valence-electron chi connectivity index (χ1n) is 10.5. The van der Waals surface area contributed by atoms with Crippen LogP contribution in [0.5, 0.6) is 11.5 Å². The molecule has 0 spiro atoms. The van der Waals surface area contributed by atoms with Gasteiger partial charge < -0.3 is 20.1 Å². The summed E-state index contributed by atoms with van der Waals surface area (Å²) in [5.41, 5.74) is 1.59. The Morgan fingerprint density at radius 3 is 2.55 bits per heavy atom. The molecule has 7 nitrogen and oxygen atoms in total. The van der Waals surface area contributed by atoms with E-state index in [9.17, 15) is 9.59 Å². The predicted molar refractivity (Wildman–Crippen MR) is 119 cm³/mol. The topological polar surface area (TPSA) is 79.9 Å². The average Bonchev–Trinajstić information content (AvgIpc) is 2.76. The van der Waals surface area contributed by atoms with Crippen LogP contribution in [0.4, 0.5) is 5.69 Å². The number of carbonyl (C=O) groups excluding carboxylic acids is 2. The molecule has 4 rings (SSSR count). The first-order valence-corrected chi connectivity index (χ1v) is 10.9. The van der Waals surface area contributed by atoms with Gasteiger partial charge >= 0.3 is 0 Å². The molecular formula is C23H26ClN3O4. The highest BCUT2D eigenvalue weighted by Gasteiger charge is 2.23. The lowest BCUT2D eigenvalue weighted by Gasteiger charge is -2.31. The summed E-state index contributed by atoms with van der Waals surface area (Å²) >= 11 is 6.26. The van der Waals surface area contributed by atoms with Gasteiger partial charge in [0.05, 0.1) is 18.0 Å². The number of rotatable bonds is 6. The van der Waals surface area contributed by atoms with Gasteiger partial charge in [0, 0.05) is 24.8 Å². The Labute approximate surface area is 186 Å². The number of ether oxygens (including phenoxy) is 2. The lowest BCUT2D eigenvalue weighted by molar-refractivity contribution is -0.122. The molecule has 1 fully saturated rings. The van der Waals surface area contributed by atoms with Crippen molar-refractivity contribution in [3.05, 3.63) is 53.1 Å². The van der Waals surface area contributed by atoms with Gasteiger partial charge in [0.2, 0.25) is 11.8 Å². The van der Waals surface area contributed by atoms with Crippen molar-refractivity contribution in [1.82, 2.24) is 10.2 Å². The first-order chi connectivity index (χ1) is 15.1. The van der Waals surface area contributed by atoms with E-state index >= 15 is 0 Å². The number of anilines is 1. The zero-order valence-corrected chi connectivity index (χ0v) is 18.0. The molecule has 0 saturated carbocycles. The molecule has 2 heterocycles. The molecule has 2 aliphatic rings. The van der Waals surface area contributed by atoms with Crippen molar-refractivity contribution in [3.63, 3.8) is 0 Å². The molecule has 0 unspecified atom stereocenters. The van der Waals surface area contributed by atoms with E-state index in [-0.39, 0.29) is 24.3 Å². The van der Waals surface area contributed by atoms with Crippen LogP contribution in [0, 0.1) is 0 Å². The van der Waals surface area contributed by atoms with E-state index in [2.05, 4.69) is 15.5 Å². The van der Waals surface area contributed by atoms with Crippen LogP contribution in [0.1, 0.15) is 18.4 Å². The highest BCUT2D eigenvalue weighted by Crippen LogP contribution is 2.38. The molecule has 2 aliphatic heterocycles. The summed E-state index contributed by atoms with van der Waals surface area (Å²) in [6.07, 6.45) is 1.86. The van der Waals surface area contributed by atoms with E-state index in [4.69, 9.17) is 21.1 Å². The third kappa shape index (κ3) is 5.89. The van der Waals surface area contributed by atoms with Gasteiger partial charge in [-0.25, -0.2) is 0 Å². The third-order valence-corrected chi connectivity index (χ3v) is 5.68. The monoisotopic (exact) mass is 443 g/mol. The van der Waals surface area contributed by atoms with Crippen molar-refractivity contribution in [2.45, 2.75) is 25.3 Å². The first kappa shape index (κ1) is 21.5. The number of nitrogens with zero attached hydrogens (tertiary/aromatic N) is 1. The Morgan fingerprint density at radius 1 is 1.03 bits per heavy atom. The number of nitrogens with one attached hydrogen (secondary N) is 2. The molecule has 8 heteroatoms. The summed E-state index contributed by atoms with van der Waals surface area (Å²) in [7, 11) is 0. The van der Waals surface area contributed by atoms with Crippen molar-refractivity contribution >= 4 is 29.1 Å². The summed E-state index contributed by atoms with van der Waals surface area (Å²) in [4.78, 5) is 26.9. The van der Waals surface area contributed by atoms with Crippen molar-refractivity contribution in [3.8, 4) is 11.5 Å². The zero-order chi connectivity index (χ0) is 21.6. The van der Waals surface area contributed by atoms with Gasteiger partial charge in [-0.1, -0.05) is 29.8 Å². The maximum atomic E-state index is 12.5. The maximum absolute atomic E-state index is 12.5. The summed E-state index contributed by atoms with van der Waals surface area (Å²) in [6, 6.07) is 13.1. The van der Waals surface area contributed by atoms with Gasteiger partial charge in [0.25, 0.3) is 0 Å². The maximum Gasteiger partial charge on any atom is 0.238 e. The molecule has 0 radical (unpaired) electrons. The van der Waals surface area contributed by atoms with Crippen molar-refractivity contribution < 1.29 is 19.1 Å². The standard InChI is InChI=1S/C23H26ClN3O4/c24-19-12-16(13-20-23(19)31-11-10-30-20)14-21(28)25-18-6-8-27(9-7-18)15-22(29)26-17-4-2-1-3-5-17/h1-5,12-13,18H,6-11,14-15H2,(H,25,28)(H,26,29). The van der Waals surface area contributed by atoms with Crippen LogP contribution in [0.3, 0.4) is 0 Å². The van der Waals surface area contributed by atoms with Crippen molar-refractivity contribution in [2.75, 3.05) is 38.2 Å². The normalized spacial score (nSPS) is 16.5. The molecule has 0 aliphatic carbocycles. The number of benzene rings is 2. The van der Waals surface area contributed by atoms with E-state index in [1.165, 1.54) is 0 Å². The number of halogens is 1. The quantitative estimate of drug-likeness (QED) is 0.717. The minimum Gasteiger partial charge on any atom is -0.486 e. The number of para-hydroxylation sites is 1. The fourth-order valence-electron chi connectivity index (χ4n) is 3.89. The largest absolute Gasteiger partial charge is 0.486 e. The zero-order valence-electron chi connectivity index (χ0n) is 17.2. The third-order valence-electron chi connectivity index (χ3n) is 5.40. The molecule has 0 bridgehead atoms. The molecule has 2 N–H and O–H groups in total. The van der Waals surface area contributed by atoms with E-state index < -0.39 is 0 Å². The van der Waals surface area contributed by atoms with Gasteiger partial charge in [-0.2, -0.15) is 0 Å². The number of carbonyl (C=O) groups is 2. The molecule has 31 heavy (non-hydrogen) atoms. The SMILES string of the molecule is O=C(CN1CCC(NC(=O)Cc2cc(Cl)c3c(c2)OCCO3)CC1)Nc1ccccc1. The summed E-state index contributed by atoms with van der Waals surface area (Å²) in [5.74, 6) is 1.06. The number of likely N-dealkylation sites (tertiary alicyclic amines) is 1. The van der Waals surface area contributed by atoms with Gasteiger partial charge in [0.1, 0.15) is 13.2 Å². The second-order valence-electron chi connectivity index (χ2n) is 7.81. The smallest absolute Gasteiger partial charge is 0.238 e. The van der Waals surface area contributed by atoms with Crippen LogP contribution in [-0.4, -0.2) is 55.6 Å². The molecule has 0 atom stereocenters. The van der Waals surface area contributed by atoms with Crippen LogP contribution in [0.25, 0.3) is 0 Å². The van der Waals surface area contributed by atoms with Crippen LogP contribution in [0.15, 0.2) is 42.5 Å². The molecule has 1 saturated heterocycles. The van der Waals surface area contributed by atoms with Crippen LogP contribution >= 0.6 is 11.6 Å². The highest BCUT2D eigenvalue weighted by atomic mass is 35.5. The number of hydrogen-bond donors (Lipinski definition) is 2. The molecule has 2 aromatic carbocycles. The minimum absolute atomic E-state index is 0.0239. The van der Waals surface area contributed by atoms with Crippen LogP contribution < -0.4 is 20.1 Å². The molecule has 164 valence electrons. The lowest BCUT2D eigenvalue weighted by Crippen LogP contribution is -2.46. The Kier molecular flexibility index (Phi) is 6.94. The van der Waals surface area contributed by atoms with E-state index in [0.717, 1.165) is 37.2 Å².